The third-order valence-corrected chi connectivity index (χ3v) is 4.64. The maximum atomic E-state index is 6.08. The third-order valence-electron chi connectivity index (χ3n) is 4.64. The van der Waals surface area contributed by atoms with Crippen LogP contribution in [0.25, 0.3) is 33.1 Å². The molecule has 0 fully saturated rings. The molecule has 0 saturated heterocycles. The molecule has 0 aliphatic carbocycles. The largest absolute Gasteiger partial charge is 0.496 e. The molecule has 0 saturated carbocycles. The molecule has 0 unspecified atom stereocenters. The summed E-state index contributed by atoms with van der Waals surface area (Å²) in [6.45, 7) is 4.33. The maximum absolute atomic E-state index is 6.08. The van der Waals surface area contributed by atoms with E-state index in [1.807, 2.05) is 30.3 Å². The van der Waals surface area contributed by atoms with Crippen LogP contribution in [0.2, 0.25) is 0 Å². The van der Waals surface area contributed by atoms with E-state index in [0.717, 1.165) is 28.0 Å². The minimum Gasteiger partial charge on any atom is -0.496 e. The number of methoxy groups -OCH3 is 1. The van der Waals surface area contributed by atoms with E-state index in [1.165, 1.54) is 21.9 Å². The van der Waals surface area contributed by atoms with E-state index in [-0.39, 0.29) is 0 Å². The van der Waals surface area contributed by atoms with Gasteiger partial charge in [-0.1, -0.05) is 36.4 Å². The Morgan fingerprint density at radius 3 is 2.35 bits per heavy atom. The highest BCUT2D eigenvalue weighted by atomic mass is 16.5. The van der Waals surface area contributed by atoms with E-state index in [9.17, 15) is 0 Å². The van der Waals surface area contributed by atoms with Crippen LogP contribution in [0.4, 0.5) is 0 Å². The van der Waals surface area contributed by atoms with Gasteiger partial charge in [0.2, 0.25) is 0 Å². The summed E-state index contributed by atoms with van der Waals surface area (Å²) in [4.78, 5) is 0. The molecule has 1 heterocycles. The zero-order chi connectivity index (χ0) is 16.0. The SMILES string of the molecule is COc1ccccc1-c1cc2oc3ccccc3c2c(C)c1C. The topological polar surface area (TPSA) is 22.4 Å². The number of rotatable bonds is 2. The van der Waals surface area contributed by atoms with Gasteiger partial charge in [0.05, 0.1) is 7.11 Å². The first-order valence-corrected chi connectivity index (χ1v) is 7.75. The second-order valence-corrected chi connectivity index (χ2v) is 5.85. The number of fused-ring (bicyclic) bond motifs is 3. The lowest BCUT2D eigenvalue weighted by Crippen LogP contribution is -1.92. The van der Waals surface area contributed by atoms with Crippen LogP contribution in [0.15, 0.2) is 59.0 Å². The Labute approximate surface area is 135 Å². The number of furan rings is 1. The Morgan fingerprint density at radius 1 is 0.783 bits per heavy atom. The van der Waals surface area contributed by atoms with Gasteiger partial charge in [-0.05, 0) is 48.7 Å². The highest BCUT2D eigenvalue weighted by Crippen LogP contribution is 2.40. The van der Waals surface area contributed by atoms with Crippen LogP contribution in [0, 0.1) is 13.8 Å². The van der Waals surface area contributed by atoms with Crippen molar-refractivity contribution in [3.05, 3.63) is 65.7 Å². The Morgan fingerprint density at radius 2 is 1.52 bits per heavy atom. The molecule has 23 heavy (non-hydrogen) atoms. The van der Waals surface area contributed by atoms with E-state index in [4.69, 9.17) is 9.15 Å². The van der Waals surface area contributed by atoms with Crippen LogP contribution in [0.1, 0.15) is 11.1 Å². The van der Waals surface area contributed by atoms with E-state index in [0.29, 0.717) is 0 Å². The fourth-order valence-corrected chi connectivity index (χ4v) is 3.33. The lowest BCUT2D eigenvalue weighted by atomic mass is 9.93. The van der Waals surface area contributed by atoms with E-state index >= 15 is 0 Å². The number of para-hydroxylation sites is 2. The molecule has 0 aliphatic heterocycles. The average Bonchev–Trinajstić information content (AvgIpc) is 2.96. The smallest absolute Gasteiger partial charge is 0.136 e. The van der Waals surface area contributed by atoms with Crippen molar-refractivity contribution in [1.29, 1.82) is 0 Å². The van der Waals surface area contributed by atoms with E-state index in [2.05, 4.69) is 38.1 Å². The Hall–Kier alpha value is -2.74. The molecule has 1 aromatic heterocycles. The Balaban J connectivity index is 2.09. The molecule has 4 aromatic rings. The first-order chi connectivity index (χ1) is 11.2. The predicted octanol–water partition coefficient (Wildman–Crippen LogP) is 5.88. The van der Waals surface area contributed by atoms with E-state index < -0.39 is 0 Å². The number of benzene rings is 3. The van der Waals surface area contributed by atoms with Crippen LogP contribution in [-0.4, -0.2) is 7.11 Å². The van der Waals surface area contributed by atoms with Crippen molar-refractivity contribution in [1.82, 2.24) is 0 Å². The molecule has 0 bridgehead atoms. The van der Waals surface area contributed by atoms with E-state index in [1.54, 1.807) is 7.11 Å². The molecule has 0 atom stereocenters. The Kier molecular flexibility index (Phi) is 3.12. The van der Waals surface area contributed by atoms with Crippen molar-refractivity contribution in [3.8, 4) is 16.9 Å². The third kappa shape index (κ3) is 2.02. The highest BCUT2D eigenvalue weighted by molar-refractivity contribution is 6.08. The van der Waals surface area contributed by atoms with Crippen molar-refractivity contribution in [3.63, 3.8) is 0 Å². The summed E-state index contributed by atoms with van der Waals surface area (Å²) in [5.41, 5.74) is 6.63. The standard InChI is InChI=1S/C21H18O2/c1-13-14(2)21-16-9-5-7-11-19(16)23-20(21)12-17(13)15-8-4-6-10-18(15)22-3/h4-12H,1-3H3. The van der Waals surface area contributed by atoms with Crippen LogP contribution < -0.4 is 4.74 Å². The Bertz CT molecular complexity index is 1020. The molecule has 2 nitrogen and oxygen atoms in total. The summed E-state index contributed by atoms with van der Waals surface area (Å²) < 4.78 is 11.6. The molecule has 0 amide bonds. The summed E-state index contributed by atoms with van der Waals surface area (Å²) in [5.74, 6) is 0.880. The van der Waals surface area contributed by atoms with Crippen LogP contribution in [-0.2, 0) is 0 Å². The number of ether oxygens (including phenoxy) is 1. The summed E-state index contributed by atoms with van der Waals surface area (Å²) >= 11 is 0. The molecular weight excluding hydrogens is 284 g/mol. The summed E-state index contributed by atoms with van der Waals surface area (Å²) in [6, 6.07) is 18.5. The lowest BCUT2D eigenvalue weighted by Gasteiger charge is -2.13. The summed E-state index contributed by atoms with van der Waals surface area (Å²) in [6.07, 6.45) is 0. The fourth-order valence-electron chi connectivity index (χ4n) is 3.33. The summed E-state index contributed by atoms with van der Waals surface area (Å²) in [5, 5.41) is 2.38. The highest BCUT2D eigenvalue weighted by Gasteiger charge is 2.16. The molecule has 0 spiro atoms. The minimum atomic E-state index is 0.880. The van der Waals surface area contributed by atoms with Gasteiger partial charge in [0, 0.05) is 16.3 Å². The van der Waals surface area contributed by atoms with Gasteiger partial charge in [0.15, 0.2) is 0 Å². The van der Waals surface area contributed by atoms with Crippen LogP contribution in [0.5, 0.6) is 5.75 Å². The van der Waals surface area contributed by atoms with Crippen LogP contribution in [0.3, 0.4) is 0 Å². The van der Waals surface area contributed by atoms with Crippen molar-refractivity contribution in [2.45, 2.75) is 13.8 Å². The number of hydrogen-bond donors (Lipinski definition) is 0. The number of hydrogen-bond acceptors (Lipinski definition) is 2. The average molecular weight is 302 g/mol. The molecule has 4 rings (SSSR count). The zero-order valence-corrected chi connectivity index (χ0v) is 13.5. The van der Waals surface area contributed by atoms with Crippen molar-refractivity contribution >= 4 is 21.9 Å². The molecule has 3 aromatic carbocycles. The molecule has 0 radical (unpaired) electrons. The van der Waals surface area contributed by atoms with Crippen molar-refractivity contribution in [2.24, 2.45) is 0 Å². The molecule has 2 heteroatoms. The summed E-state index contributed by atoms with van der Waals surface area (Å²) in [7, 11) is 1.71. The zero-order valence-electron chi connectivity index (χ0n) is 13.5. The second kappa shape index (κ2) is 5.17. The van der Waals surface area contributed by atoms with Crippen molar-refractivity contribution in [2.75, 3.05) is 7.11 Å². The molecule has 0 N–H and O–H groups in total. The first-order valence-electron chi connectivity index (χ1n) is 7.75. The van der Waals surface area contributed by atoms with Crippen molar-refractivity contribution < 1.29 is 9.15 Å². The second-order valence-electron chi connectivity index (χ2n) is 5.85. The van der Waals surface area contributed by atoms with Crippen LogP contribution >= 0.6 is 0 Å². The molecule has 114 valence electrons. The minimum absolute atomic E-state index is 0.880. The van der Waals surface area contributed by atoms with Gasteiger partial charge >= 0.3 is 0 Å². The maximum Gasteiger partial charge on any atom is 0.136 e. The van der Waals surface area contributed by atoms with Gasteiger partial charge in [0.25, 0.3) is 0 Å². The van der Waals surface area contributed by atoms with Gasteiger partial charge in [-0.2, -0.15) is 0 Å². The first kappa shape index (κ1) is 13.9. The van der Waals surface area contributed by atoms with Gasteiger partial charge in [-0.25, -0.2) is 0 Å². The fraction of sp³-hybridized carbons (Fsp3) is 0.143. The van der Waals surface area contributed by atoms with Gasteiger partial charge in [0.1, 0.15) is 16.9 Å². The molecule has 0 aliphatic rings. The lowest BCUT2D eigenvalue weighted by molar-refractivity contribution is 0.416. The van der Waals surface area contributed by atoms with Gasteiger partial charge in [-0.3, -0.25) is 0 Å². The quantitative estimate of drug-likeness (QED) is 0.461. The predicted molar refractivity (Wildman–Crippen MR) is 95.2 cm³/mol. The number of aryl methyl sites for hydroxylation is 1. The van der Waals surface area contributed by atoms with Gasteiger partial charge < -0.3 is 9.15 Å². The molecular formula is C21H18O2. The van der Waals surface area contributed by atoms with Gasteiger partial charge in [-0.15, -0.1) is 0 Å². The monoisotopic (exact) mass is 302 g/mol. The normalized spacial score (nSPS) is 11.3.